The first-order chi connectivity index (χ1) is 38.7. The van der Waals surface area contributed by atoms with Gasteiger partial charge in [0.2, 0.25) is 17.7 Å². The number of fused-ring (bicyclic) bond motifs is 4. The topological polar surface area (TPSA) is 247 Å². The molecule has 19 nitrogen and oxygen atoms in total. The molecule has 3 unspecified atom stereocenters. The molecular weight excluding hydrogens is 1070 g/mol. The van der Waals surface area contributed by atoms with E-state index in [9.17, 15) is 34.2 Å². The SMILES string of the molecule is Cc1ncsc1-c1ccc(C(C)NC(=O)[C@@H]2C[C@@H](O)CN2C(=O)C(NC(=O)c2cc3cc(O[C@H]4C[C@@H](NC(=O)C5CCN(c6ccc(C7=N[C@@H](CC(=O)O)c8nnc(C)n8-c8sc(C)c(C)c87)cc6)C5)C4)ccc3o2)C(C)(C)C)cc1. The first kappa shape index (κ1) is 55.2. The van der Waals surface area contributed by atoms with Crippen LogP contribution in [0.2, 0.25) is 0 Å². The van der Waals surface area contributed by atoms with Crippen LogP contribution in [0.1, 0.15) is 127 Å². The number of aromatic nitrogens is 4. The summed E-state index contributed by atoms with van der Waals surface area (Å²) in [7, 11) is 0. The van der Waals surface area contributed by atoms with E-state index in [1.807, 2.05) is 100 Å². The predicted octanol–water partition coefficient (Wildman–Crippen LogP) is 8.34. The van der Waals surface area contributed by atoms with Gasteiger partial charge in [0.05, 0.1) is 46.3 Å². The number of hydrogen-bond acceptors (Lipinski definition) is 15. The lowest BCUT2D eigenvalue weighted by molar-refractivity contribution is -0.142. The molecule has 0 radical (unpaired) electrons. The maximum Gasteiger partial charge on any atom is 0.306 e. The molecule has 1 aliphatic carbocycles. The Kier molecular flexibility index (Phi) is 15.0. The largest absolute Gasteiger partial charge is 0.490 e. The van der Waals surface area contributed by atoms with Gasteiger partial charge in [-0.15, -0.1) is 32.9 Å². The van der Waals surface area contributed by atoms with Gasteiger partial charge in [-0.05, 0) is 99.5 Å². The summed E-state index contributed by atoms with van der Waals surface area (Å²) in [5.74, 6) is -0.834. The van der Waals surface area contributed by atoms with Crippen molar-refractivity contribution in [2.24, 2.45) is 16.3 Å². The number of β-amino-alcohol motifs (C(OH)–C–C–N with tert-alkyl or cyclic N) is 1. The van der Waals surface area contributed by atoms with Gasteiger partial charge in [0.15, 0.2) is 11.6 Å². The number of furan rings is 1. The number of carboxylic acid groups (broad SMARTS) is 1. The average molecular weight is 1140 g/mol. The smallest absolute Gasteiger partial charge is 0.306 e. The minimum atomic E-state index is -1.06. The zero-order chi connectivity index (χ0) is 57.2. The molecule has 422 valence electrons. The van der Waals surface area contributed by atoms with E-state index < -0.39 is 53.3 Å². The van der Waals surface area contributed by atoms with E-state index in [0.717, 1.165) is 66.2 Å². The fourth-order valence-electron chi connectivity index (χ4n) is 11.4. The molecule has 3 aliphatic heterocycles. The van der Waals surface area contributed by atoms with Crippen molar-refractivity contribution < 1.29 is 43.3 Å². The van der Waals surface area contributed by atoms with E-state index in [-0.39, 0.29) is 55.2 Å². The molecule has 2 saturated heterocycles. The lowest BCUT2D eigenvalue weighted by Gasteiger charge is -2.36. The zero-order valence-corrected chi connectivity index (χ0v) is 48.1. The van der Waals surface area contributed by atoms with E-state index in [4.69, 9.17) is 14.1 Å². The van der Waals surface area contributed by atoms with Gasteiger partial charge in [-0.3, -0.25) is 33.5 Å². The number of benzene rings is 3. The molecular formula is C60H66N10O9S2. The number of nitrogens with one attached hydrogen (secondary N) is 3. The third-order valence-corrected chi connectivity index (χ3v) is 18.3. The molecule has 11 rings (SSSR count). The van der Waals surface area contributed by atoms with Crippen LogP contribution in [0.25, 0.3) is 26.4 Å². The Labute approximate surface area is 476 Å². The molecule has 3 aromatic carbocycles. The van der Waals surface area contributed by atoms with Crippen molar-refractivity contribution in [3.63, 3.8) is 0 Å². The average Bonchev–Trinajstić information content (AvgIpc) is 4.36. The van der Waals surface area contributed by atoms with Crippen LogP contribution in [0.3, 0.4) is 0 Å². The van der Waals surface area contributed by atoms with Crippen molar-refractivity contribution in [1.29, 1.82) is 0 Å². The van der Waals surface area contributed by atoms with Crippen LogP contribution < -0.4 is 25.6 Å². The molecule has 3 fully saturated rings. The minimum Gasteiger partial charge on any atom is -0.490 e. The lowest BCUT2D eigenvalue weighted by atomic mass is 9.85. The number of aliphatic hydroxyl groups excluding tert-OH is 1. The number of nitrogens with zero attached hydrogens (tertiary/aromatic N) is 7. The Morgan fingerprint density at radius 1 is 0.889 bits per heavy atom. The molecule has 21 heteroatoms. The van der Waals surface area contributed by atoms with Crippen molar-refractivity contribution in [1.82, 2.24) is 40.6 Å². The number of carbonyl (C=O) groups is 5. The first-order valence-corrected chi connectivity index (χ1v) is 29.2. The number of aliphatic carboxylic acids is 1. The van der Waals surface area contributed by atoms with Crippen LogP contribution in [0.15, 0.2) is 87.7 Å². The summed E-state index contributed by atoms with van der Waals surface area (Å²) in [4.78, 5) is 83.0. The Morgan fingerprint density at radius 3 is 2.33 bits per heavy atom. The quantitative estimate of drug-likeness (QED) is 0.0649. The molecule has 5 N–H and O–H groups in total. The Balaban J connectivity index is 0.668. The highest BCUT2D eigenvalue weighted by molar-refractivity contribution is 7.15. The molecule has 81 heavy (non-hydrogen) atoms. The third kappa shape index (κ3) is 11.1. The number of thiophene rings is 1. The fourth-order valence-corrected chi connectivity index (χ4v) is 13.5. The maximum atomic E-state index is 14.4. The third-order valence-electron chi connectivity index (χ3n) is 16.2. The van der Waals surface area contributed by atoms with Gasteiger partial charge in [-0.1, -0.05) is 57.2 Å². The van der Waals surface area contributed by atoms with Crippen LogP contribution in [-0.2, 0) is 19.2 Å². The molecule has 0 bridgehead atoms. The standard InChI is InChI=1S/C60H66N10O9S2/c1-30-33(4)81-59-50(30)51(64-45(26-49(72)73)54-67-66-34(5)70(54)59)36-13-15-41(16-14-36)68-20-19-38(27-68)55(74)63-40-23-44(24-40)78-43-17-18-47-39(21-43)22-48(79-47)57(76)65-53(60(6,7)8)58(77)69-28-42(71)25-46(69)56(75)62-31(2)35-9-11-37(12-10-35)52-32(3)61-29-80-52/h9-18,21-22,29,31,38,40,42,44-46,53,71H,19-20,23-28H2,1-8H3,(H,62,75)(H,63,74)(H,65,76)(H,72,73)/t31?,38?,40-,42-,44+,45+,46+,53?/m1/s1. The second-order valence-corrected chi connectivity index (χ2v) is 25.0. The van der Waals surface area contributed by atoms with Gasteiger partial charge >= 0.3 is 5.97 Å². The van der Waals surface area contributed by atoms with Gasteiger partial charge in [0.25, 0.3) is 5.91 Å². The number of hydrogen-bond donors (Lipinski definition) is 5. The molecule has 0 spiro atoms. The van der Waals surface area contributed by atoms with Crippen molar-refractivity contribution in [2.45, 2.75) is 130 Å². The summed E-state index contributed by atoms with van der Waals surface area (Å²) in [5.41, 5.74) is 8.97. The fraction of sp³-hybridized carbons (Fsp3) is 0.417. The monoisotopic (exact) mass is 1130 g/mol. The van der Waals surface area contributed by atoms with E-state index in [0.29, 0.717) is 54.2 Å². The Morgan fingerprint density at radius 2 is 1.63 bits per heavy atom. The highest BCUT2D eigenvalue weighted by Crippen LogP contribution is 2.41. The molecule has 7 heterocycles. The second-order valence-electron chi connectivity index (χ2n) is 23.0. The number of aliphatic imine (C=N–C) groups is 1. The molecule has 1 saturated carbocycles. The first-order valence-electron chi connectivity index (χ1n) is 27.5. The Hall–Kier alpha value is -7.75. The maximum absolute atomic E-state index is 14.4. The Bertz CT molecular complexity index is 3610. The number of rotatable bonds is 15. The van der Waals surface area contributed by atoms with Crippen molar-refractivity contribution in [3.05, 3.63) is 129 Å². The number of aryl methyl sites for hydroxylation is 3. The van der Waals surface area contributed by atoms with Crippen molar-refractivity contribution in [3.8, 4) is 21.2 Å². The summed E-state index contributed by atoms with van der Waals surface area (Å²) < 4.78 is 14.3. The highest BCUT2D eigenvalue weighted by atomic mass is 32.1. The van der Waals surface area contributed by atoms with E-state index in [2.05, 4.69) is 49.9 Å². The van der Waals surface area contributed by atoms with Crippen LogP contribution >= 0.6 is 22.7 Å². The number of amides is 4. The van der Waals surface area contributed by atoms with Gasteiger partial charge in [-0.25, -0.2) is 4.98 Å². The summed E-state index contributed by atoms with van der Waals surface area (Å²) in [5, 5.41) is 40.0. The highest BCUT2D eigenvalue weighted by Gasteiger charge is 2.45. The van der Waals surface area contributed by atoms with Crippen LogP contribution in [0.4, 0.5) is 5.69 Å². The molecule has 4 aliphatic rings. The number of carboxylic acids is 1. The van der Waals surface area contributed by atoms with Crippen molar-refractivity contribution in [2.75, 3.05) is 24.5 Å². The molecule has 6 atom stereocenters. The summed E-state index contributed by atoms with van der Waals surface area (Å²) in [6, 6.07) is 19.8. The van der Waals surface area contributed by atoms with E-state index in [1.165, 1.54) is 4.90 Å². The lowest BCUT2D eigenvalue weighted by Crippen LogP contribution is -2.57. The van der Waals surface area contributed by atoms with Crippen LogP contribution in [0, 0.1) is 39.0 Å². The van der Waals surface area contributed by atoms with E-state index in [1.54, 1.807) is 46.9 Å². The number of aliphatic hydroxyl groups is 1. The summed E-state index contributed by atoms with van der Waals surface area (Å²) in [6.07, 6.45) is 0.792. The summed E-state index contributed by atoms with van der Waals surface area (Å²) in [6.45, 7) is 16.6. The minimum absolute atomic E-state index is 0.00152. The van der Waals surface area contributed by atoms with Gasteiger partial charge in [-0.2, -0.15) is 0 Å². The predicted molar refractivity (Wildman–Crippen MR) is 308 cm³/mol. The molecule has 4 aromatic heterocycles. The molecule has 4 amide bonds. The zero-order valence-electron chi connectivity index (χ0n) is 46.5. The number of anilines is 1. The number of carbonyl (C=O) groups excluding carboxylic acids is 4. The van der Waals surface area contributed by atoms with Gasteiger partial charge in [0, 0.05) is 72.0 Å². The second kappa shape index (κ2) is 22.0. The number of ether oxygens (including phenoxy) is 1. The van der Waals surface area contributed by atoms with Crippen LogP contribution in [-0.4, -0.2) is 120 Å². The van der Waals surface area contributed by atoms with Gasteiger partial charge in [0.1, 0.15) is 46.4 Å². The normalized spacial score (nSPS) is 21.3. The summed E-state index contributed by atoms with van der Waals surface area (Å²) >= 11 is 3.19. The van der Waals surface area contributed by atoms with Crippen molar-refractivity contribution >= 4 is 74.6 Å². The van der Waals surface area contributed by atoms with E-state index >= 15 is 0 Å². The van der Waals surface area contributed by atoms with Gasteiger partial charge < -0.3 is 45.1 Å². The molecule has 7 aromatic rings. The number of thiazole rings is 1. The van der Waals surface area contributed by atoms with Crippen LogP contribution in [0.5, 0.6) is 5.75 Å². The number of likely N-dealkylation sites (tertiary alicyclic amines) is 1.